The van der Waals surface area contributed by atoms with Crippen molar-refractivity contribution >= 4 is 17.6 Å². The van der Waals surface area contributed by atoms with Crippen LogP contribution in [0.2, 0.25) is 0 Å². The monoisotopic (exact) mass is 414 g/mol. The van der Waals surface area contributed by atoms with Crippen molar-refractivity contribution in [2.75, 3.05) is 13.1 Å². The highest BCUT2D eigenvalue weighted by Gasteiger charge is 2.22. The van der Waals surface area contributed by atoms with E-state index in [-0.39, 0.29) is 6.47 Å². The first kappa shape index (κ1) is 20.8. The zero-order valence-corrected chi connectivity index (χ0v) is 17.6. The molecular weight excluding hydrogens is 388 g/mol. The molecular formula is C26H26N2O3. The largest absolute Gasteiger partial charge is 0.483 e. The molecule has 0 atom stereocenters. The smallest absolute Gasteiger partial charge is 0.290 e. The van der Waals surface area contributed by atoms with Gasteiger partial charge in [-0.3, -0.25) is 9.69 Å². The molecule has 0 amide bonds. The predicted octanol–water partition coefficient (Wildman–Crippen LogP) is 5.24. The zero-order chi connectivity index (χ0) is 21.6. The van der Waals surface area contributed by atoms with Gasteiger partial charge in [-0.2, -0.15) is 0 Å². The summed E-state index contributed by atoms with van der Waals surface area (Å²) < 4.78 is 6.01. The minimum atomic E-state index is -0.250. The molecule has 158 valence electrons. The topological polar surface area (TPSA) is 66.6 Å². The maximum absolute atomic E-state index is 8.36. The zero-order valence-electron chi connectivity index (χ0n) is 17.6. The Kier molecular flexibility index (Phi) is 6.43. The number of carboxylic acid groups (broad SMARTS) is 1. The van der Waals surface area contributed by atoms with Gasteiger partial charge in [0, 0.05) is 25.2 Å². The average Bonchev–Trinajstić information content (AvgIpc) is 3.18. The first-order chi connectivity index (χ1) is 15.1. The molecule has 0 aliphatic carbocycles. The van der Waals surface area contributed by atoms with Crippen LogP contribution in [0.4, 0.5) is 0 Å². The number of carbonyl (C=O) groups is 1. The number of fused-ring (bicyclic) bond motifs is 1. The predicted molar refractivity (Wildman–Crippen MR) is 122 cm³/mol. The van der Waals surface area contributed by atoms with Gasteiger partial charge in [0.2, 0.25) is 5.89 Å². The van der Waals surface area contributed by atoms with Crippen molar-refractivity contribution in [3.8, 4) is 11.5 Å². The Morgan fingerprint density at radius 2 is 1.68 bits per heavy atom. The van der Waals surface area contributed by atoms with E-state index in [1.165, 1.54) is 29.8 Å². The average molecular weight is 415 g/mol. The summed E-state index contributed by atoms with van der Waals surface area (Å²) in [4.78, 5) is 15.6. The molecule has 0 saturated carbocycles. The molecule has 5 rings (SSSR count). The molecule has 1 N–H and O–H groups in total. The number of hydrogen-bond donors (Lipinski definition) is 1. The van der Waals surface area contributed by atoms with Gasteiger partial charge < -0.3 is 9.52 Å². The van der Waals surface area contributed by atoms with Crippen molar-refractivity contribution in [1.82, 2.24) is 9.88 Å². The van der Waals surface area contributed by atoms with Crippen LogP contribution in [0.5, 0.6) is 0 Å². The maximum Gasteiger partial charge on any atom is 0.290 e. The highest BCUT2D eigenvalue weighted by molar-refractivity contribution is 5.77. The van der Waals surface area contributed by atoms with Gasteiger partial charge in [-0.05, 0) is 53.3 Å². The van der Waals surface area contributed by atoms with Crippen molar-refractivity contribution in [2.24, 2.45) is 5.92 Å². The molecule has 1 fully saturated rings. The van der Waals surface area contributed by atoms with Crippen LogP contribution in [0.1, 0.15) is 23.6 Å². The van der Waals surface area contributed by atoms with E-state index in [0.717, 1.165) is 35.5 Å². The fourth-order valence-corrected chi connectivity index (χ4v) is 4.01. The van der Waals surface area contributed by atoms with Gasteiger partial charge in [0.25, 0.3) is 6.47 Å². The number of oxazole rings is 1. The Morgan fingerprint density at radius 1 is 1.00 bits per heavy atom. The summed E-state index contributed by atoms with van der Waals surface area (Å²) in [6.07, 6.45) is 0.906. The summed E-state index contributed by atoms with van der Waals surface area (Å²) in [5.41, 5.74) is 6.68. The molecule has 31 heavy (non-hydrogen) atoms. The molecule has 0 bridgehead atoms. The van der Waals surface area contributed by atoms with Crippen LogP contribution in [-0.4, -0.2) is 34.6 Å². The first-order valence-electron chi connectivity index (χ1n) is 10.5. The lowest BCUT2D eigenvalue weighted by Crippen LogP contribution is -2.44. The van der Waals surface area contributed by atoms with Crippen LogP contribution >= 0.6 is 0 Å². The Hall–Kier alpha value is -3.44. The lowest BCUT2D eigenvalue weighted by Gasteiger charge is -2.37. The van der Waals surface area contributed by atoms with Crippen LogP contribution in [0, 0.1) is 5.92 Å². The number of rotatable bonds is 5. The molecule has 0 radical (unpaired) electrons. The molecule has 2 heterocycles. The van der Waals surface area contributed by atoms with Gasteiger partial charge in [0.15, 0.2) is 5.58 Å². The second-order valence-electron chi connectivity index (χ2n) is 8.09. The Labute approximate surface area is 182 Å². The minimum absolute atomic E-state index is 0.250. The molecule has 3 aromatic carbocycles. The van der Waals surface area contributed by atoms with Gasteiger partial charge in [0.1, 0.15) is 5.52 Å². The number of benzene rings is 3. The van der Waals surface area contributed by atoms with Crippen LogP contribution in [-0.2, 0) is 17.8 Å². The quantitative estimate of drug-likeness (QED) is 0.453. The Bertz CT molecular complexity index is 1130. The van der Waals surface area contributed by atoms with Crippen LogP contribution in [0.15, 0.2) is 77.2 Å². The SMILES string of the molecule is CC1CN(Cc2ccc(-c3nc4cc(Cc5ccccc5)ccc4o3)cc2)C1.O=CO. The molecule has 4 aromatic rings. The standard InChI is InChI=1S/C25H24N2O.CH2O2/c1-18-15-27(16-18)17-20-7-10-22(11-8-20)25-26-23-14-21(9-12-24(23)28-25)13-19-5-3-2-4-6-19;2-1-3/h2-12,14,18H,13,15-17H2,1H3;1H,(H,2,3). The van der Waals surface area contributed by atoms with Crippen molar-refractivity contribution in [1.29, 1.82) is 0 Å². The summed E-state index contributed by atoms with van der Waals surface area (Å²) in [5.74, 6) is 1.53. The van der Waals surface area contributed by atoms with Crippen molar-refractivity contribution in [3.63, 3.8) is 0 Å². The highest BCUT2D eigenvalue weighted by Crippen LogP contribution is 2.26. The van der Waals surface area contributed by atoms with Gasteiger partial charge >= 0.3 is 0 Å². The van der Waals surface area contributed by atoms with E-state index in [0.29, 0.717) is 5.89 Å². The second kappa shape index (κ2) is 9.58. The van der Waals surface area contributed by atoms with Crippen molar-refractivity contribution in [2.45, 2.75) is 19.9 Å². The van der Waals surface area contributed by atoms with Crippen molar-refractivity contribution < 1.29 is 14.3 Å². The molecule has 1 aliphatic rings. The lowest BCUT2D eigenvalue weighted by molar-refractivity contribution is -0.122. The third-order valence-corrected chi connectivity index (χ3v) is 5.45. The summed E-state index contributed by atoms with van der Waals surface area (Å²) >= 11 is 0. The third-order valence-electron chi connectivity index (χ3n) is 5.45. The van der Waals surface area contributed by atoms with E-state index < -0.39 is 0 Å². The van der Waals surface area contributed by atoms with Gasteiger partial charge in [-0.25, -0.2) is 4.98 Å². The van der Waals surface area contributed by atoms with Gasteiger partial charge in [-0.15, -0.1) is 0 Å². The normalized spacial score (nSPS) is 14.0. The molecule has 0 spiro atoms. The molecule has 1 saturated heterocycles. The fourth-order valence-electron chi connectivity index (χ4n) is 4.01. The molecule has 0 unspecified atom stereocenters. The number of likely N-dealkylation sites (tertiary alicyclic amines) is 1. The van der Waals surface area contributed by atoms with Crippen LogP contribution < -0.4 is 0 Å². The first-order valence-corrected chi connectivity index (χ1v) is 10.5. The number of nitrogens with zero attached hydrogens (tertiary/aromatic N) is 2. The van der Waals surface area contributed by atoms with E-state index in [1.807, 2.05) is 12.1 Å². The number of hydrogen-bond acceptors (Lipinski definition) is 4. The lowest BCUT2D eigenvalue weighted by atomic mass is 10.0. The van der Waals surface area contributed by atoms with E-state index in [4.69, 9.17) is 19.3 Å². The minimum Gasteiger partial charge on any atom is -0.483 e. The van der Waals surface area contributed by atoms with E-state index in [2.05, 4.69) is 72.5 Å². The molecule has 1 aliphatic heterocycles. The number of aromatic nitrogens is 1. The highest BCUT2D eigenvalue weighted by atomic mass is 16.3. The summed E-state index contributed by atoms with van der Waals surface area (Å²) in [6, 6.07) is 25.4. The van der Waals surface area contributed by atoms with Gasteiger partial charge in [0.05, 0.1) is 0 Å². The summed E-state index contributed by atoms with van der Waals surface area (Å²) in [5, 5.41) is 6.89. The fraction of sp³-hybridized carbons (Fsp3) is 0.231. The third kappa shape index (κ3) is 5.19. The van der Waals surface area contributed by atoms with E-state index in [9.17, 15) is 0 Å². The summed E-state index contributed by atoms with van der Waals surface area (Å²) in [7, 11) is 0. The van der Waals surface area contributed by atoms with Crippen molar-refractivity contribution in [3.05, 3.63) is 89.5 Å². The van der Waals surface area contributed by atoms with E-state index >= 15 is 0 Å². The maximum atomic E-state index is 8.36. The Morgan fingerprint density at radius 3 is 2.35 bits per heavy atom. The molecule has 1 aromatic heterocycles. The van der Waals surface area contributed by atoms with Gasteiger partial charge in [-0.1, -0.05) is 55.5 Å². The second-order valence-corrected chi connectivity index (χ2v) is 8.09. The molecule has 5 nitrogen and oxygen atoms in total. The Balaban J connectivity index is 0.000000730. The van der Waals surface area contributed by atoms with Crippen LogP contribution in [0.3, 0.4) is 0 Å². The van der Waals surface area contributed by atoms with Crippen LogP contribution in [0.25, 0.3) is 22.6 Å². The van der Waals surface area contributed by atoms with E-state index in [1.54, 1.807) is 0 Å². The molecule has 5 heteroatoms. The summed E-state index contributed by atoms with van der Waals surface area (Å²) in [6.45, 7) is 5.50.